The summed E-state index contributed by atoms with van der Waals surface area (Å²) in [7, 11) is 0. The standard InChI is InChI=1S/C16H9ClIN3OS/c17-10-1-4-12(5-2-10)21-15(22)13-9-11(18)3-6-14(13)20-16(21)23-8-7-19/h1-6,9H,8H2. The molecule has 0 spiro atoms. The van der Waals surface area contributed by atoms with E-state index in [1.54, 1.807) is 24.3 Å². The molecule has 0 aliphatic heterocycles. The summed E-state index contributed by atoms with van der Waals surface area (Å²) in [5.41, 5.74) is 1.14. The molecule has 0 atom stereocenters. The molecule has 0 aliphatic rings. The Hall–Kier alpha value is -1.56. The average molecular weight is 454 g/mol. The van der Waals surface area contributed by atoms with Gasteiger partial charge in [-0.15, -0.1) is 0 Å². The van der Waals surface area contributed by atoms with Gasteiger partial charge in [-0.2, -0.15) is 5.26 Å². The monoisotopic (exact) mass is 453 g/mol. The molecule has 0 radical (unpaired) electrons. The van der Waals surface area contributed by atoms with Gasteiger partial charge in [0.1, 0.15) is 0 Å². The van der Waals surface area contributed by atoms with Gasteiger partial charge in [-0.25, -0.2) is 4.98 Å². The van der Waals surface area contributed by atoms with Crippen LogP contribution in [0.4, 0.5) is 0 Å². The summed E-state index contributed by atoms with van der Waals surface area (Å²) >= 11 is 9.33. The molecule has 23 heavy (non-hydrogen) atoms. The van der Waals surface area contributed by atoms with Gasteiger partial charge in [-0.05, 0) is 65.1 Å². The highest BCUT2D eigenvalue weighted by Gasteiger charge is 2.13. The van der Waals surface area contributed by atoms with Crippen LogP contribution >= 0.6 is 46.0 Å². The Labute approximate surface area is 155 Å². The number of nitrogens with zero attached hydrogens (tertiary/aromatic N) is 3. The molecule has 0 unspecified atom stereocenters. The van der Waals surface area contributed by atoms with E-state index in [1.807, 2.05) is 18.2 Å². The fraction of sp³-hybridized carbons (Fsp3) is 0.0625. The second-order valence-electron chi connectivity index (χ2n) is 4.62. The molecule has 1 aromatic heterocycles. The predicted octanol–water partition coefficient (Wildman–Crippen LogP) is 4.26. The Kier molecular flexibility index (Phi) is 4.90. The van der Waals surface area contributed by atoms with Crippen LogP contribution in [0.1, 0.15) is 0 Å². The van der Waals surface area contributed by atoms with Crippen LogP contribution in [0.3, 0.4) is 0 Å². The zero-order valence-corrected chi connectivity index (χ0v) is 15.4. The van der Waals surface area contributed by atoms with Gasteiger partial charge in [-0.3, -0.25) is 9.36 Å². The SMILES string of the molecule is N#CCSc1nc2ccc(I)cc2c(=O)n1-c1ccc(Cl)cc1. The molecule has 0 bridgehead atoms. The van der Waals surface area contributed by atoms with E-state index in [9.17, 15) is 4.79 Å². The quantitative estimate of drug-likeness (QED) is 0.338. The fourth-order valence-corrected chi connectivity index (χ4v) is 3.44. The molecule has 7 heteroatoms. The molecule has 0 saturated heterocycles. The Morgan fingerprint density at radius 2 is 2.00 bits per heavy atom. The Morgan fingerprint density at radius 1 is 1.26 bits per heavy atom. The number of hydrogen-bond donors (Lipinski definition) is 0. The molecule has 3 rings (SSSR count). The zero-order valence-electron chi connectivity index (χ0n) is 11.7. The molecule has 114 valence electrons. The number of benzene rings is 2. The Bertz CT molecular complexity index is 980. The van der Waals surface area contributed by atoms with E-state index in [1.165, 1.54) is 16.3 Å². The predicted molar refractivity (Wildman–Crippen MR) is 101 cm³/mol. The van der Waals surface area contributed by atoms with Crippen molar-refractivity contribution in [2.24, 2.45) is 0 Å². The van der Waals surface area contributed by atoms with Crippen molar-refractivity contribution in [1.82, 2.24) is 9.55 Å². The molecule has 1 heterocycles. The minimum Gasteiger partial charge on any atom is -0.268 e. The second kappa shape index (κ2) is 6.91. The molecule has 0 amide bonds. The van der Waals surface area contributed by atoms with E-state index in [-0.39, 0.29) is 11.3 Å². The lowest BCUT2D eigenvalue weighted by Crippen LogP contribution is -2.21. The minimum absolute atomic E-state index is 0.156. The van der Waals surface area contributed by atoms with Gasteiger partial charge < -0.3 is 0 Å². The summed E-state index contributed by atoms with van der Waals surface area (Å²) in [5, 5.41) is 10.5. The third kappa shape index (κ3) is 3.37. The highest BCUT2D eigenvalue weighted by molar-refractivity contribution is 14.1. The van der Waals surface area contributed by atoms with Gasteiger partial charge in [0.05, 0.1) is 28.4 Å². The molecular formula is C16H9ClIN3OS. The number of fused-ring (bicyclic) bond motifs is 1. The van der Waals surface area contributed by atoms with Crippen LogP contribution < -0.4 is 5.56 Å². The van der Waals surface area contributed by atoms with Crippen molar-refractivity contribution in [1.29, 1.82) is 5.26 Å². The normalized spacial score (nSPS) is 10.7. The maximum atomic E-state index is 12.9. The smallest absolute Gasteiger partial charge is 0.266 e. The molecular weight excluding hydrogens is 445 g/mol. The Morgan fingerprint density at radius 3 is 2.70 bits per heavy atom. The summed E-state index contributed by atoms with van der Waals surface area (Å²) in [5.74, 6) is 0.218. The van der Waals surface area contributed by atoms with Gasteiger partial charge in [0.15, 0.2) is 5.16 Å². The number of hydrogen-bond acceptors (Lipinski definition) is 4. The van der Waals surface area contributed by atoms with Crippen molar-refractivity contribution < 1.29 is 0 Å². The van der Waals surface area contributed by atoms with Gasteiger partial charge in [0.25, 0.3) is 5.56 Å². The first kappa shape index (κ1) is 16.3. The molecule has 2 aromatic carbocycles. The van der Waals surface area contributed by atoms with Crippen LogP contribution in [0.15, 0.2) is 52.4 Å². The summed E-state index contributed by atoms with van der Waals surface area (Å²) in [4.78, 5) is 17.5. The first-order valence-corrected chi connectivity index (χ1v) is 9.02. The number of aromatic nitrogens is 2. The number of thioether (sulfide) groups is 1. The highest BCUT2D eigenvalue weighted by atomic mass is 127. The van der Waals surface area contributed by atoms with E-state index in [0.29, 0.717) is 26.8 Å². The lowest BCUT2D eigenvalue weighted by Gasteiger charge is -2.12. The lowest BCUT2D eigenvalue weighted by atomic mass is 10.2. The van der Waals surface area contributed by atoms with Crippen molar-refractivity contribution in [3.63, 3.8) is 0 Å². The molecule has 3 aromatic rings. The summed E-state index contributed by atoms with van der Waals surface area (Å²) < 4.78 is 2.49. The van der Waals surface area contributed by atoms with E-state index < -0.39 is 0 Å². The van der Waals surface area contributed by atoms with Crippen molar-refractivity contribution in [3.8, 4) is 11.8 Å². The Balaban J connectivity index is 2.31. The van der Waals surface area contributed by atoms with Crippen molar-refractivity contribution in [2.45, 2.75) is 5.16 Å². The number of rotatable bonds is 3. The minimum atomic E-state index is -0.156. The summed E-state index contributed by atoms with van der Waals surface area (Å²) in [6.45, 7) is 0. The molecule has 0 aliphatic carbocycles. The van der Waals surface area contributed by atoms with Crippen molar-refractivity contribution in [2.75, 3.05) is 5.75 Å². The second-order valence-corrected chi connectivity index (χ2v) is 7.24. The number of nitriles is 1. The molecule has 4 nitrogen and oxygen atoms in total. The van der Waals surface area contributed by atoms with Crippen LogP contribution in [0.2, 0.25) is 5.02 Å². The fourth-order valence-electron chi connectivity index (χ4n) is 2.15. The summed E-state index contributed by atoms with van der Waals surface area (Å²) in [6.07, 6.45) is 0. The first-order chi connectivity index (χ1) is 11.1. The van der Waals surface area contributed by atoms with Crippen molar-refractivity contribution in [3.05, 3.63) is 61.4 Å². The lowest BCUT2D eigenvalue weighted by molar-refractivity contribution is 0.821. The highest BCUT2D eigenvalue weighted by Crippen LogP contribution is 2.22. The van der Waals surface area contributed by atoms with Gasteiger partial charge in [0, 0.05) is 8.59 Å². The summed E-state index contributed by atoms with van der Waals surface area (Å²) in [6, 6.07) is 14.6. The van der Waals surface area contributed by atoms with Gasteiger partial charge in [-0.1, -0.05) is 23.4 Å². The van der Waals surface area contributed by atoms with Gasteiger partial charge in [0.2, 0.25) is 0 Å². The van der Waals surface area contributed by atoms with E-state index >= 15 is 0 Å². The van der Waals surface area contributed by atoms with Gasteiger partial charge >= 0.3 is 0 Å². The number of halogens is 2. The van der Waals surface area contributed by atoms with Crippen LogP contribution in [0.25, 0.3) is 16.6 Å². The van der Waals surface area contributed by atoms with Crippen molar-refractivity contribution >= 4 is 56.9 Å². The van der Waals surface area contributed by atoms with Crippen LogP contribution in [0.5, 0.6) is 0 Å². The van der Waals surface area contributed by atoms with E-state index in [0.717, 1.165) is 3.57 Å². The third-order valence-electron chi connectivity index (χ3n) is 3.15. The van der Waals surface area contributed by atoms with Crippen LogP contribution in [-0.4, -0.2) is 15.3 Å². The third-order valence-corrected chi connectivity index (χ3v) is 4.88. The molecule has 0 N–H and O–H groups in total. The molecule has 0 saturated carbocycles. The maximum absolute atomic E-state index is 12.9. The average Bonchev–Trinajstić information content (AvgIpc) is 2.55. The topological polar surface area (TPSA) is 58.7 Å². The van der Waals surface area contributed by atoms with Crippen LogP contribution in [-0.2, 0) is 0 Å². The van der Waals surface area contributed by atoms with E-state index in [2.05, 4.69) is 33.6 Å². The first-order valence-electron chi connectivity index (χ1n) is 6.58. The molecule has 0 fully saturated rings. The maximum Gasteiger partial charge on any atom is 0.266 e. The zero-order chi connectivity index (χ0) is 16.4. The van der Waals surface area contributed by atoms with E-state index in [4.69, 9.17) is 16.9 Å². The largest absolute Gasteiger partial charge is 0.268 e. The van der Waals surface area contributed by atoms with Crippen LogP contribution in [0, 0.1) is 14.9 Å².